The molecule has 0 bridgehead atoms. The summed E-state index contributed by atoms with van der Waals surface area (Å²) in [6, 6.07) is 17.9. The summed E-state index contributed by atoms with van der Waals surface area (Å²) in [6.07, 6.45) is 5.55. The molecule has 130 valence electrons. The summed E-state index contributed by atoms with van der Waals surface area (Å²) in [5, 5.41) is 0. The highest BCUT2D eigenvalue weighted by Crippen LogP contribution is 2.22. The third-order valence-electron chi connectivity index (χ3n) is 4.50. The molecule has 0 radical (unpaired) electrons. The van der Waals surface area contributed by atoms with E-state index in [0.717, 1.165) is 17.5 Å². The molecular formula is C21H19N3O2. The number of hydrogen-bond acceptors (Lipinski definition) is 4. The number of amides is 1. The Labute approximate surface area is 152 Å². The van der Waals surface area contributed by atoms with Gasteiger partial charge in [-0.1, -0.05) is 42.5 Å². The Morgan fingerprint density at radius 2 is 1.77 bits per heavy atom. The molecule has 1 aromatic heterocycles. The Morgan fingerprint density at radius 3 is 2.50 bits per heavy atom. The Bertz CT molecular complexity index is 867. The summed E-state index contributed by atoms with van der Waals surface area (Å²) in [6.45, 7) is 1.25. The van der Waals surface area contributed by atoms with Crippen molar-refractivity contribution in [3.63, 3.8) is 0 Å². The Morgan fingerprint density at radius 1 is 1.00 bits per heavy atom. The van der Waals surface area contributed by atoms with E-state index in [2.05, 4.69) is 22.1 Å². The first-order valence-corrected chi connectivity index (χ1v) is 8.67. The Kier molecular flexibility index (Phi) is 4.60. The first-order chi connectivity index (χ1) is 12.8. The molecule has 1 saturated heterocycles. The first kappa shape index (κ1) is 16.3. The number of ether oxygens (including phenoxy) is 1. The smallest absolute Gasteiger partial charge is 0.253 e. The number of aromatic nitrogens is 2. The summed E-state index contributed by atoms with van der Waals surface area (Å²) in [5.41, 5.74) is 2.95. The van der Waals surface area contributed by atoms with Crippen LogP contribution in [0.5, 0.6) is 5.88 Å². The minimum atomic E-state index is -0.0424. The molecule has 5 heteroatoms. The van der Waals surface area contributed by atoms with Crippen LogP contribution in [0.3, 0.4) is 0 Å². The lowest BCUT2D eigenvalue weighted by Crippen LogP contribution is -2.31. The van der Waals surface area contributed by atoms with Crippen molar-refractivity contribution in [3.05, 3.63) is 78.8 Å². The Balaban J connectivity index is 1.40. The molecule has 1 unspecified atom stereocenters. The van der Waals surface area contributed by atoms with Gasteiger partial charge < -0.3 is 9.64 Å². The van der Waals surface area contributed by atoms with Gasteiger partial charge in [0.15, 0.2) is 0 Å². The number of rotatable bonds is 4. The minimum absolute atomic E-state index is 0.0369. The highest BCUT2D eigenvalue weighted by atomic mass is 16.5. The van der Waals surface area contributed by atoms with E-state index in [1.165, 1.54) is 0 Å². The summed E-state index contributed by atoms with van der Waals surface area (Å²) in [7, 11) is 0. The van der Waals surface area contributed by atoms with Crippen LogP contribution in [0.2, 0.25) is 0 Å². The van der Waals surface area contributed by atoms with Gasteiger partial charge in [0.1, 0.15) is 6.10 Å². The molecule has 1 aliphatic heterocycles. The van der Waals surface area contributed by atoms with Gasteiger partial charge in [-0.3, -0.25) is 9.78 Å². The third-order valence-corrected chi connectivity index (χ3v) is 4.50. The van der Waals surface area contributed by atoms with Crippen LogP contribution in [0.25, 0.3) is 11.1 Å². The van der Waals surface area contributed by atoms with Crippen LogP contribution in [0.4, 0.5) is 0 Å². The Hall–Kier alpha value is -3.21. The van der Waals surface area contributed by atoms with E-state index in [1.807, 2.05) is 47.4 Å². The lowest BCUT2D eigenvalue weighted by molar-refractivity contribution is 0.0771. The zero-order valence-electron chi connectivity index (χ0n) is 14.3. The molecule has 0 saturated carbocycles. The van der Waals surface area contributed by atoms with E-state index >= 15 is 0 Å². The van der Waals surface area contributed by atoms with E-state index in [0.29, 0.717) is 24.5 Å². The third kappa shape index (κ3) is 3.57. The molecule has 1 fully saturated rings. The van der Waals surface area contributed by atoms with Gasteiger partial charge in [0.25, 0.3) is 5.91 Å². The van der Waals surface area contributed by atoms with Crippen LogP contribution in [0.1, 0.15) is 16.8 Å². The summed E-state index contributed by atoms with van der Waals surface area (Å²) in [4.78, 5) is 22.7. The minimum Gasteiger partial charge on any atom is -0.471 e. The lowest BCUT2D eigenvalue weighted by Gasteiger charge is -2.17. The second-order valence-electron chi connectivity index (χ2n) is 6.27. The standard InChI is InChI=1S/C21H19N3O2/c25-21(18-8-6-17(7-9-18)16-4-2-1-3-5-16)24-13-10-19(15-24)26-20-14-22-11-12-23-20/h1-9,11-12,14,19H,10,13,15H2. The van der Waals surface area contributed by atoms with Crippen molar-refractivity contribution >= 4 is 5.91 Å². The number of likely N-dealkylation sites (tertiary alicyclic amines) is 1. The largest absolute Gasteiger partial charge is 0.471 e. The van der Waals surface area contributed by atoms with Gasteiger partial charge in [-0.05, 0) is 23.3 Å². The van der Waals surface area contributed by atoms with Gasteiger partial charge in [-0.15, -0.1) is 0 Å². The highest BCUT2D eigenvalue weighted by Gasteiger charge is 2.28. The van der Waals surface area contributed by atoms with Crippen LogP contribution < -0.4 is 4.74 Å². The van der Waals surface area contributed by atoms with Crippen LogP contribution >= 0.6 is 0 Å². The van der Waals surface area contributed by atoms with Gasteiger partial charge in [-0.2, -0.15) is 0 Å². The van der Waals surface area contributed by atoms with Gasteiger partial charge in [0.2, 0.25) is 5.88 Å². The molecule has 26 heavy (non-hydrogen) atoms. The molecular weight excluding hydrogens is 326 g/mol. The molecule has 3 aromatic rings. The number of benzene rings is 2. The maximum Gasteiger partial charge on any atom is 0.253 e. The van der Waals surface area contributed by atoms with Crippen molar-refractivity contribution in [2.24, 2.45) is 0 Å². The lowest BCUT2D eigenvalue weighted by atomic mass is 10.0. The molecule has 4 rings (SSSR count). The van der Waals surface area contributed by atoms with E-state index in [9.17, 15) is 4.79 Å². The topological polar surface area (TPSA) is 55.3 Å². The van der Waals surface area contributed by atoms with E-state index in [-0.39, 0.29) is 12.0 Å². The second kappa shape index (κ2) is 7.35. The number of carbonyl (C=O) groups excluding carboxylic acids is 1. The summed E-state index contributed by atoms with van der Waals surface area (Å²) in [5.74, 6) is 0.536. The fourth-order valence-electron chi connectivity index (χ4n) is 3.14. The van der Waals surface area contributed by atoms with E-state index in [1.54, 1.807) is 18.6 Å². The van der Waals surface area contributed by atoms with Crippen molar-refractivity contribution in [1.29, 1.82) is 0 Å². The van der Waals surface area contributed by atoms with Crippen molar-refractivity contribution in [3.8, 4) is 17.0 Å². The number of carbonyl (C=O) groups is 1. The van der Waals surface area contributed by atoms with Crippen molar-refractivity contribution in [1.82, 2.24) is 14.9 Å². The van der Waals surface area contributed by atoms with Crippen LogP contribution in [-0.2, 0) is 0 Å². The molecule has 0 spiro atoms. The monoisotopic (exact) mass is 345 g/mol. The first-order valence-electron chi connectivity index (χ1n) is 8.67. The molecule has 1 amide bonds. The van der Waals surface area contributed by atoms with Crippen molar-refractivity contribution < 1.29 is 9.53 Å². The predicted octanol–water partition coefficient (Wildman–Crippen LogP) is 3.44. The van der Waals surface area contributed by atoms with E-state index in [4.69, 9.17) is 4.74 Å². The van der Waals surface area contributed by atoms with Gasteiger partial charge >= 0.3 is 0 Å². The normalized spacial score (nSPS) is 16.5. The van der Waals surface area contributed by atoms with Gasteiger partial charge in [0, 0.05) is 30.9 Å². The maximum atomic E-state index is 12.7. The predicted molar refractivity (Wildman–Crippen MR) is 98.8 cm³/mol. The average molecular weight is 345 g/mol. The molecule has 0 N–H and O–H groups in total. The highest BCUT2D eigenvalue weighted by molar-refractivity contribution is 5.95. The fraction of sp³-hybridized carbons (Fsp3) is 0.190. The maximum absolute atomic E-state index is 12.7. The summed E-state index contributed by atoms with van der Waals surface area (Å²) < 4.78 is 5.80. The number of nitrogens with zero attached hydrogens (tertiary/aromatic N) is 3. The molecule has 0 aliphatic carbocycles. The molecule has 1 atom stereocenters. The van der Waals surface area contributed by atoms with Gasteiger partial charge in [0.05, 0.1) is 12.7 Å². The second-order valence-corrected chi connectivity index (χ2v) is 6.27. The van der Waals surface area contributed by atoms with Crippen molar-refractivity contribution in [2.45, 2.75) is 12.5 Å². The van der Waals surface area contributed by atoms with Crippen LogP contribution in [0.15, 0.2) is 73.2 Å². The van der Waals surface area contributed by atoms with Gasteiger partial charge in [-0.25, -0.2) is 4.98 Å². The quantitative estimate of drug-likeness (QED) is 0.727. The zero-order valence-corrected chi connectivity index (χ0v) is 14.3. The SMILES string of the molecule is O=C(c1ccc(-c2ccccc2)cc1)N1CCC(Oc2cnccn2)C1. The number of hydrogen-bond donors (Lipinski definition) is 0. The van der Waals surface area contributed by atoms with Crippen molar-refractivity contribution in [2.75, 3.05) is 13.1 Å². The molecule has 1 aliphatic rings. The van der Waals surface area contributed by atoms with E-state index < -0.39 is 0 Å². The summed E-state index contributed by atoms with van der Waals surface area (Å²) >= 11 is 0. The average Bonchev–Trinajstić information content (AvgIpc) is 3.17. The van der Waals surface area contributed by atoms with Crippen LogP contribution in [0, 0.1) is 0 Å². The zero-order chi connectivity index (χ0) is 17.8. The molecule has 5 nitrogen and oxygen atoms in total. The molecule has 2 aromatic carbocycles. The molecule has 2 heterocycles. The fourth-order valence-corrected chi connectivity index (χ4v) is 3.14. The van der Waals surface area contributed by atoms with Crippen LogP contribution in [-0.4, -0.2) is 40.0 Å².